The summed E-state index contributed by atoms with van der Waals surface area (Å²) in [6.07, 6.45) is 0. The molecule has 0 aliphatic rings. The number of hydrogen-bond donors (Lipinski definition) is 2. The number of H-pyrrole nitrogens is 1. The van der Waals surface area contributed by atoms with Gasteiger partial charge in [0, 0.05) is 4.88 Å². The highest BCUT2D eigenvalue weighted by Gasteiger charge is 2.13. The Morgan fingerprint density at radius 3 is 2.81 bits per heavy atom. The van der Waals surface area contributed by atoms with E-state index in [-0.39, 0.29) is 6.04 Å². The summed E-state index contributed by atoms with van der Waals surface area (Å²) in [5.41, 5.74) is 8.14. The molecular formula is C12H11N3S. The van der Waals surface area contributed by atoms with Crippen LogP contribution in [0.25, 0.3) is 11.0 Å². The van der Waals surface area contributed by atoms with Gasteiger partial charge in [-0.2, -0.15) is 0 Å². The van der Waals surface area contributed by atoms with Crippen molar-refractivity contribution in [2.75, 3.05) is 0 Å². The van der Waals surface area contributed by atoms with Gasteiger partial charge in [0.15, 0.2) is 0 Å². The standard InChI is InChI=1S/C12H11N3S/c13-11(10-6-3-7-16-10)12-14-8-4-1-2-5-9(8)15-12/h1-7,11H,13H2,(H,14,15). The van der Waals surface area contributed by atoms with Crippen LogP contribution in [0.15, 0.2) is 41.8 Å². The Morgan fingerprint density at radius 2 is 2.06 bits per heavy atom. The number of imidazole rings is 1. The van der Waals surface area contributed by atoms with E-state index >= 15 is 0 Å². The Kier molecular flexibility index (Phi) is 2.23. The van der Waals surface area contributed by atoms with Crippen LogP contribution in [0, 0.1) is 0 Å². The van der Waals surface area contributed by atoms with Crippen molar-refractivity contribution in [3.05, 3.63) is 52.5 Å². The quantitative estimate of drug-likeness (QED) is 0.709. The number of nitrogens with zero attached hydrogens (tertiary/aromatic N) is 1. The van der Waals surface area contributed by atoms with Gasteiger partial charge in [-0.25, -0.2) is 4.98 Å². The molecule has 1 atom stereocenters. The number of hydrogen-bond acceptors (Lipinski definition) is 3. The normalized spacial score (nSPS) is 13.1. The largest absolute Gasteiger partial charge is 0.340 e. The molecule has 2 heterocycles. The van der Waals surface area contributed by atoms with E-state index < -0.39 is 0 Å². The molecule has 0 radical (unpaired) electrons. The zero-order valence-corrected chi connectivity index (χ0v) is 9.37. The van der Waals surface area contributed by atoms with Crippen LogP contribution in [0.4, 0.5) is 0 Å². The van der Waals surface area contributed by atoms with Crippen molar-refractivity contribution in [1.82, 2.24) is 9.97 Å². The molecule has 80 valence electrons. The molecule has 1 unspecified atom stereocenters. The van der Waals surface area contributed by atoms with Gasteiger partial charge in [-0.3, -0.25) is 0 Å². The van der Waals surface area contributed by atoms with Crippen molar-refractivity contribution in [3.63, 3.8) is 0 Å². The van der Waals surface area contributed by atoms with Crippen LogP contribution >= 0.6 is 11.3 Å². The molecule has 0 fully saturated rings. The minimum atomic E-state index is -0.160. The van der Waals surface area contributed by atoms with E-state index in [2.05, 4.69) is 9.97 Å². The first-order chi connectivity index (χ1) is 7.84. The first-order valence-electron chi connectivity index (χ1n) is 5.08. The van der Waals surface area contributed by atoms with Gasteiger partial charge < -0.3 is 10.7 Å². The van der Waals surface area contributed by atoms with Gasteiger partial charge in [-0.1, -0.05) is 18.2 Å². The zero-order valence-electron chi connectivity index (χ0n) is 8.55. The van der Waals surface area contributed by atoms with E-state index in [9.17, 15) is 0 Å². The molecule has 4 heteroatoms. The van der Waals surface area contributed by atoms with Gasteiger partial charge in [0.2, 0.25) is 0 Å². The second kappa shape index (κ2) is 3.73. The fourth-order valence-electron chi connectivity index (χ4n) is 1.72. The van der Waals surface area contributed by atoms with Crippen molar-refractivity contribution in [3.8, 4) is 0 Å². The predicted molar refractivity (Wildman–Crippen MR) is 66.4 cm³/mol. The molecule has 3 N–H and O–H groups in total. The van der Waals surface area contributed by atoms with Gasteiger partial charge in [0.05, 0.1) is 17.1 Å². The fourth-order valence-corrected chi connectivity index (χ4v) is 2.45. The van der Waals surface area contributed by atoms with E-state index in [0.29, 0.717) is 0 Å². The van der Waals surface area contributed by atoms with Gasteiger partial charge in [-0.05, 0) is 23.6 Å². The molecule has 0 amide bonds. The number of aromatic nitrogens is 2. The van der Waals surface area contributed by atoms with E-state index in [1.165, 1.54) is 0 Å². The zero-order chi connectivity index (χ0) is 11.0. The Bertz CT molecular complexity index is 565. The van der Waals surface area contributed by atoms with E-state index in [1.54, 1.807) is 11.3 Å². The second-order valence-corrected chi connectivity index (χ2v) is 4.61. The van der Waals surface area contributed by atoms with Crippen LogP contribution in [-0.4, -0.2) is 9.97 Å². The number of rotatable bonds is 2. The highest BCUT2D eigenvalue weighted by molar-refractivity contribution is 7.10. The smallest absolute Gasteiger partial charge is 0.129 e. The third-order valence-electron chi connectivity index (χ3n) is 2.55. The molecule has 0 aliphatic heterocycles. The summed E-state index contributed by atoms with van der Waals surface area (Å²) in [5.74, 6) is 0.823. The maximum absolute atomic E-state index is 6.14. The molecule has 1 aromatic carbocycles. The molecule has 0 spiro atoms. The second-order valence-electron chi connectivity index (χ2n) is 3.63. The van der Waals surface area contributed by atoms with Crippen LogP contribution in [-0.2, 0) is 0 Å². The molecule has 3 aromatic rings. The SMILES string of the molecule is NC(c1nc2ccccc2[nH]1)c1cccs1. The maximum atomic E-state index is 6.14. The lowest BCUT2D eigenvalue weighted by molar-refractivity contribution is 0.822. The molecule has 0 aliphatic carbocycles. The van der Waals surface area contributed by atoms with Crippen molar-refractivity contribution in [2.24, 2.45) is 5.73 Å². The third kappa shape index (κ3) is 1.52. The summed E-state index contributed by atoms with van der Waals surface area (Å²) in [4.78, 5) is 8.87. The summed E-state index contributed by atoms with van der Waals surface area (Å²) in [7, 11) is 0. The first kappa shape index (κ1) is 9.57. The Balaban J connectivity index is 2.06. The molecular weight excluding hydrogens is 218 g/mol. The lowest BCUT2D eigenvalue weighted by Gasteiger charge is -2.04. The molecule has 0 saturated heterocycles. The summed E-state index contributed by atoms with van der Waals surface area (Å²) in [5, 5.41) is 2.03. The highest BCUT2D eigenvalue weighted by Crippen LogP contribution is 2.23. The molecule has 2 aromatic heterocycles. The van der Waals surface area contributed by atoms with Gasteiger partial charge in [-0.15, -0.1) is 11.3 Å². The number of nitrogens with one attached hydrogen (secondary N) is 1. The van der Waals surface area contributed by atoms with E-state index in [1.807, 2.05) is 41.8 Å². The van der Waals surface area contributed by atoms with Crippen molar-refractivity contribution in [1.29, 1.82) is 0 Å². The monoisotopic (exact) mass is 229 g/mol. The lowest BCUT2D eigenvalue weighted by atomic mass is 10.2. The summed E-state index contributed by atoms with van der Waals surface area (Å²) in [6.45, 7) is 0. The molecule has 0 bridgehead atoms. The van der Waals surface area contributed by atoms with E-state index in [4.69, 9.17) is 5.73 Å². The topological polar surface area (TPSA) is 54.7 Å². The summed E-state index contributed by atoms with van der Waals surface area (Å²) in [6, 6.07) is 11.8. The average molecular weight is 229 g/mol. The number of aromatic amines is 1. The van der Waals surface area contributed by atoms with Gasteiger partial charge in [0.1, 0.15) is 5.82 Å². The van der Waals surface area contributed by atoms with Crippen molar-refractivity contribution < 1.29 is 0 Å². The van der Waals surface area contributed by atoms with Gasteiger partial charge >= 0.3 is 0 Å². The molecule has 0 saturated carbocycles. The summed E-state index contributed by atoms with van der Waals surface area (Å²) < 4.78 is 0. The van der Waals surface area contributed by atoms with Crippen LogP contribution in [0.3, 0.4) is 0 Å². The fraction of sp³-hybridized carbons (Fsp3) is 0.0833. The number of nitrogens with two attached hydrogens (primary N) is 1. The molecule has 16 heavy (non-hydrogen) atoms. The minimum Gasteiger partial charge on any atom is -0.340 e. The maximum Gasteiger partial charge on any atom is 0.129 e. The Hall–Kier alpha value is -1.65. The van der Waals surface area contributed by atoms with Crippen LogP contribution in [0.2, 0.25) is 0 Å². The lowest BCUT2D eigenvalue weighted by Crippen LogP contribution is -2.11. The number of benzene rings is 1. The summed E-state index contributed by atoms with van der Waals surface area (Å²) >= 11 is 1.65. The average Bonchev–Trinajstić information content (AvgIpc) is 2.97. The molecule has 3 nitrogen and oxygen atoms in total. The van der Waals surface area contributed by atoms with Crippen LogP contribution in [0.5, 0.6) is 0 Å². The Morgan fingerprint density at radius 1 is 1.19 bits per heavy atom. The first-order valence-corrected chi connectivity index (χ1v) is 5.96. The van der Waals surface area contributed by atoms with Gasteiger partial charge in [0.25, 0.3) is 0 Å². The van der Waals surface area contributed by atoms with Crippen LogP contribution in [0.1, 0.15) is 16.7 Å². The van der Waals surface area contributed by atoms with Crippen molar-refractivity contribution >= 4 is 22.4 Å². The number of para-hydroxylation sites is 2. The number of thiophene rings is 1. The van der Waals surface area contributed by atoms with Crippen LogP contribution < -0.4 is 5.73 Å². The number of fused-ring (bicyclic) bond motifs is 1. The Labute approximate surface area is 96.9 Å². The third-order valence-corrected chi connectivity index (χ3v) is 3.51. The predicted octanol–water partition coefficient (Wildman–Crippen LogP) is 2.67. The minimum absolute atomic E-state index is 0.160. The highest BCUT2D eigenvalue weighted by atomic mass is 32.1. The molecule has 3 rings (SSSR count). The van der Waals surface area contributed by atoms with E-state index in [0.717, 1.165) is 21.7 Å². The van der Waals surface area contributed by atoms with Crippen molar-refractivity contribution in [2.45, 2.75) is 6.04 Å².